The van der Waals surface area contributed by atoms with E-state index in [1.54, 1.807) is 11.8 Å². The first-order chi connectivity index (χ1) is 7.76. The number of ether oxygens (including phenoxy) is 1. The Labute approximate surface area is 104 Å². The molecule has 1 rings (SSSR count). The lowest BCUT2D eigenvalue weighted by atomic mass is 10.2. The standard InChI is InChI=1S/C10H13NO3S2/c1-13-10(15)11-7-16-9-4-2-8(3-5-9)6-14-12/h2-5,12H,6-7H2,1H3,(H,11,15). The van der Waals surface area contributed by atoms with Crippen molar-refractivity contribution >= 4 is 29.2 Å². The normalized spacial score (nSPS) is 9.88. The molecular weight excluding hydrogens is 246 g/mol. The van der Waals surface area contributed by atoms with Crippen molar-refractivity contribution in [2.75, 3.05) is 13.0 Å². The molecule has 0 fully saturated rings. The monoisotopic (exact) mass is 259 g/mol. The second kappa shape index (κ2) is 7.45. The van der Waals surface area contributed by atoms with Crippen LogP contribution in [0.5, 0.6) is 0 Å². The molecule has 0 aliphatic rings. The van der Waals surface area contributed by atoms with E-state index in [4.69, 9.17) is 22.2 Å². The van der Waals surface area contributed by atoms with Crippen LogP contribution in [0, 0.1) is 0 Å². The third-order valence-corrected chi connectivity index (χ3v) is 3.00. The summed E-state index contributed by atoms with van der Waals surface area (Å²) in [5, 5.41) is 11.6. The van der Waals surface area contributed by atoms with Crippen LogP contribution in [0.1, 0.15) is 5.56 Å². The van der Waals surface area contributed by atoms with E-state index in [-0.39, 0.29) is 6.61 Å². The second-order valence-corrected chi connectivity index (χ2v) is 4.29. The molecule has 0 bridgehead atoms. The van der Waals surface area contributed by atoms with Gasteiger partial charge in [0, 0.05) is 4.90 Å². The molecule has 1 aromatic carbocycles. The summed E-state index contributed by atoms with van der Waals surface area (Å²) >= 11 is 6.44. The lowest BCUT2D eigenvalue weighted by Crippen LogP contribution is -2.21. The van der Waals surface area contributed by atoms with Crippen LogP contribution in [-0.2, 0) is 16.2 Å². The quantitative estimate of drug-likeness (QED) is 0.278. The van der Waals surface area contributed by atoms with E-state index < -0.39 is 0 Å². The molecule has 0 saturated carbocycles. The molecule has 0 atom stereocenters. The van der Waals surface area contributed by atoms with Crippen molar-refractivity contribution in [3.63, 3.8) is 0 Å². The van der Waals surface area contributed by atoms with Gasteiger partial charge in [-0.3, -0.25) is 5.26 Å². The summed E-state index contributed by atoms with van der Waals surface area (Å²) in [5.74, 6) is 0.655. The van der Waals surface area contributed by atoms with Crippen LogP contribution in [0.2, 0.25) is 0 Å². The van der Waals surface area contributed by atoms with Gasteiger partial charge in [0.15, 0.2) is 0 Å². The van der Waals surface area contributed by atoms with Crippen molar-refractivity contribution in [1.29, 1.82) is 0 Å². The van der Waals surface area contributed by atoms with Crippen LogP contribution in [0.4, 0.5) is 0 Å². The molecule has 0 aliphatic heterocycles. The van der Waals surface area contributed by atoms with E-state index in [0.717, 1.165) is 10.5 Å². The fourth-order valence-electron chi connectivity index (χ4n) is 1.01. The van der Waals surface area contributed by atoms with E-state index in [0.29, 0.717) is 11.1 Å². The molecule has 0 aromatic heterocycles. The SMILES string of the molecule is COC(=S)NCSc1ccc(COO)cc1. The summed E-state index contributed by atoms with van der Waals surface area (Å²) in [5.41, 5.74) is 0.923. The van der Waals surface area contributed by atoms with Crippen molar-refractivity contribution in [2.24, 2.45) is 0 Å². The number of benzene rings is 1. The van der Waals surface area contributed by atoms with E-state index in [9.17, 15) is 0 Å². The summed E-state index contributed by atoms with van der Waals surface area (Å²) in [6.45, 7) is 0.205. The highest BCUT2D eigenvalue weighted by atomic mass is 32.2. The van der Waals surface area contributed by atoms with Crippen LogP contribution in [-0.4, -0.2) is 23.4 Å². The number of thioether (sulfide) groups is 1. The van der Waals surface area contributed by atoms with Crippen LogP contribution < -0.4 is 5.32 Å². The Hall–Kier alpha value is -0.820. The zero-order valence-corrected chi connectivity index (χ0v) is 10.4. The smallest absolute Gasteiger partial charge is 0.257 e. The number of nitrogens with one attached hydrogen (secondary N) is 1. The Morgan fingerprint density at radius 2 is 2.12 bits per heavy atom. The number of hydrogen-bond acceptors (Lipinski definition) is 5. The maximum absolute atomic E-state index is 8.28. The van der Waals surface area contributed by atoms with Crippen molar-refractivity contribution in [3.8, 4) is 0 Å². The third kappa shape index (κ3) is 4.80. The predicted octanol–water partition coefficient (Wildman–Crippen LogP) is 2.25. The van der Waals surface area contributed by atoms with Gasteiger partial charge in [-0.2, -0.15) is 0 Å². The summed E-state index contributed by atoms with van der Waals surface area (Å²) in [6.07, 6.45) is 0. The molecule has 0 saturated heterocycles. The summed E-state index contributed by atoms with van der Waals surface area (Å²) in [4.78, 5) is 5.15. The molecule has 2 N–H and O–H groups in total. The van der Waals surface area contributed by atoms with Gasteiger partial charge < -0.3 is 10.1 Å². The largest absolute Gasteiger partial charge is 0.474 e. The molecule has 0 amide bonds. The Morgan fingerprint density at radius 1 is 1.44 bits per heavy atom. The highest BCUT2D eigenvalue weighted by molar-refractivity contribution is 7.99. The minimum absolute atomic E-state index is 0.205. The fraction of sp³-hybridized carbons (Fsp3) is 0.300. The molecule has 1 aromatic rings. The van der Waals surface area contributed by atoms with Crippen molar-refractivity contribution in [1.82, 2.24) is 5.32 Å². The van der Waals surface area contributed by atoms with Gasteiger partial charge in [0.05, 0.1) is 13.0 Å². The maximum atomic E-state index is 8.28. The van der Waals surface area contributed by atoms with Crippen LogP contribution >= 0.6 is 24.0 Å². The molecule has 6 heteroatoms. The average Bonchev–Trinajstić information content (AvgIpc) is 2.31. The highest BCUT2D eigenvalue weighted by Crippen LogP contribution is 2.17. The zero-order valence-electron chi connectivity index (χ0n) is 8.80. The number of methoxy groups -OCH3 is 1. The van der Waals surface area contributed by atoms with Crippen molar-refractivity contribution < 1.29 is 14.9 Å². The van der Waals surface area contributed by atoms with Gasteiger partial charge in [0.1, 0.15) is 6.61 Å². The number of thiocarbonyl (C=S) groups is 1. The highest BCUT2D eigenvalue weighted by Gasteiger charge is 1.97. The summed E-state index contributed by atoms with van der Waals surface area (Å²) in [6, 6.07) is 7.70. The van der Waals surface area contributed by atoms with E-state index in [1.165, 1.54) is 7.11 Å². The van der Waals surface area contributed by atoms with E-state index >= 15 is 0 Å². The van der Waals surface area contributed by atoms with Gasteiger partial charge in [-0.25, -0.2) is 4.89 Å². The molecular formula is C10H13NO3S2. The Bertz CT molecular complexity index is 329. The Kier molecular flexibility index (Phi) is 6.17. The topological polar surface area (TPSA) is 50.7 Å². The number of hydrogen-bond donors (Lipinski definition) is 2. The van der Waals surface area contributed by atoms with Gasteiger partial charge in [-0.1, -0.05) is 12.1 Å². The van der Waals surface area contributed by atoms with Crippen LogP contribution in [0.15, 0.2) is 29.2 Å². The Balaban J connectivity index is 2.34. The summed E-state index contributed by atoms with van der Waals surface area (Å²) in [7, 11) is 1.53. The van der Waals surface area contributed by atoms with Gasteiger partial charge in [-0.05, 0) is 29.9 Å². The molecule has 0 radical (unpaired) electrons. The number of rotatable bonds is 5. The van der Waals surface area contributed by atoms with E-state index in [2.05, 4.69) is 10.2 Å². The average molecular weight is 259 g/mol. The summed E-state index contributed by atoms with van der Waals surface area (Å²) < 4.78 is 4.80. The zero-order chi connectivity index (χ0) is 11.8. The van der Waals surface area contributed by atoms with Gasteiger partial charge in [0.25, 0.3) is 5.17 Å². The second-order valence-electron chi connectivity index (χ2n) is 2.87. The molecule has 16 heavy (non-hydrogen) atoms. The lowest BCUT2D eigenvalue weighted by Gasteiger charge is -2.06. The van der Waals surface area contributed by atoms with Crippen LogP contribution in [0.3, 0.4) is 0 Å². The molecule has 0 aliphatic carbocycles. The molecule has 88 valence electrons. The van der Waals surface area contributed by atoms with Gasteiger partial charge >= 0.3 is 0 Å². The fourth-order valence-corrected chi connectivity index (χ4v) is 1.87. The van der Waals surface area contributed by atoms with E-state index in [1.807, 2.05) is 24.3 Å². The van der Waals surface area contributed by atoms with Gasteiger partial charge in [0.2, 0.25) is 0 Å². The molecule has 0 unspecified atom stereocenters. The first-order valence-electron chi connectivity index (χ1n) is 4.56. The molecule has 0 spiro atoms. The van der Waals surface area contributed by atoms with Gasteiger partial charge in [-0.15, -0.1) is 11.8 Å². The van der Waals surface area contributed by atoms with Crippen molar-refractivity contribution in [3.05, 3.63) is 29.8 Å². The maximum Gasteiger partial charge on any atom is 0.257 e. The minimum atomic E-state index is 0.205. The Morgan fingerprint density at radius 3 is 2.69 bits per heavy atom. The lowest BCUT2D eigenvalue weighted by molar-refractivity contribution is -0.253. The third-order valence-electron chi connectivity index (χ3n) is 1.80. The van der Waals surface area contributed by atoms with Crippen LogP contribution in [0.25, 0.3) is 0 Å². The first kappa shape index (κ1) is 13.2. The first-order valence-corrected chi connectivity index (χ1v) is 5.95. The molecule has 4 nitrogen and oxygen atoms in total. The minimum Gasteiger partial charge on any atom is -0.474 e. The predicted molar refractivity (Wildman–Crippen MR) is 67.3 cm³/mol. The molecule has 0 heterocycles. The van der Waals surface area contributed by atoms with Crippen molar-refractivity contribution in [2.45, 2.75) is 11.5 Å².